The van der Waals surface area contributed by atoms with Gasteiger partial charge in [0, 0.05) is 0 Å². The van der Waals surface area contributed by atoms with Crippen LogP contribution in [0.2, 0.25) is 0 Å². The second-order valence-corrected chi connectivity index (χ2v) is 7.45. The maximum absolute atomic E-state index is 15.3. The molecule has 2 N–H and O–H groups in total. The number of benzene rings is 3. The third kappa shape index (κ3) is 3.25. The summed E-state index contributed by atoms with van der Waals surface area (Å²) in [6, 6.07) is 25.8. The molecule has 3 rings (SSSR count). The molecule has 2 atom stereocenters. The summed E-state index contributed by atoms with van der Waals surface area (Å²) in [5.74, 6) is -0.880. The number of halogens is 2. The van der Waals surface area contributed by atoms with Crippen LogP contribution in [0.3, 0.4) is 0 Å². The van der Waals surface area contributed by atoms with Crippen LogP contribution in [0.25, 0.3) is 0 Å². The van der Waals surface area contributed by atoms with Crippen molar-refractivity contribution in [1.29, 1.82) is 5.26 Å². The predicted molar refractivity (Wildman–Crippen MR) is 117 cm³/mol. The van der Waals surface area contributed by atoms with Crippen LogP contribution >= 0.6 is 8.86 Å². The number of nitriles is 1. The molecule has 2 unspecified atom stereocenters. The number of ketones is 1. The number of nitrogens with zero attached hydrogens (tertiary/aromatic N) is 1. The predicted octanol–water partition coefficient (Wildman–Crippen LogP) is 4.23. The lowest BCUT2D eigenvalue weighted by Crippen LogP contribution is -2.65. The second kappa shape index (κ2) is 8.67. The van der Waals surface area contributed by atoms with Gasteiger partial charge in [0.05, 0.1) is 8.86 Å². The van der Waals surface area contributed by atoms with Gasteiger partial charge in [-0.3, -0.25) is 4.79 Å². The van der Waals surface area contributed by atoms with E-state index in [2.05, 4.69) is 0 Å². The monoisotopic (exact) mass is 421 g/mol. The van der Waals surface area contributed by atoms with Gasteiger partial charge >= 0.3 is 0 Å². The van der Waals surface area contributed by atoms with E-state index in [0.29, 0.717) is 0 Å². The Morgan fingerprint density at radius 2 is 1.20 bits per heavy atom. The van der Waals surface area contributed by atoms with Crippen molar-refractivity contribution in [3.8, 4) is 6.07 Å². The summed E-state index contributed by atoms with van der Waals surface area (Å²) in [5.41, 5.74) is 2.83. The van der Waals surface area contributed by atoms with Crippen LogP contribution < -0.4 is 5.73 Å². The molecule has 0 bridgehead atoms. The standard InChI is InChI=1S/C24H19F2N2OP/c25-22(26)23(17-10-4-1-5-11-17,18-12-6-2-7-13-18)24(28,21(29)20(30)16-27)19-14-8-3-9-15-19/h1-15,22,30H,28H2/p+1. The Hall–Kier alpha value is -3.19. The Bertz CT molecular complexity index is 1040. The van der Waals surface area contributed by atoms with E-state index in [1.165, 1.54) is 36.4 Å². The van der Waals surface area contributed by atoms with E-state index in [1.807, 2.05) is 8.86 Å². The quantitative estimate of drug-likeness (QED) is 0.581. The third-order valence-electron chi connectivity index (χ3n) is 5.36. The first-order chi connectivity index (χ1) is 14.4. The average molecular weight is 421 g/mol. The maximum Gasteiger partial charge on any atom is 0.259 e. The van der Waals surface area contributed by atoms with Crippen molar-refractivity contribution in [2.24, 2.45) is 5.73 Å². The molecule has 0 heterocycles. The van der Waals surface area contributed by atoms with Crippen LogP contribution in [-0.4, -0.2) is 17.5 Å². The maximum atomic E-state index is 15.3. The Morgan fingerprint density at radius 3 is 1.53 bits per heavy atom. The molecular weight excluding hydrogens is 401 g/mol. The van der Waals surface area contributed by atoms with Gasteiger partial charge in [-0.2, -0.15) is 5.26 Å². The molecule has 0 amide bonds. The number of Topliss-reactive ketones (excluding diaryl/α,β-unsaturated/α-hetero) is 1. The van der Waals surface area contributed by atoms with E-state index in [0.717, 1.165) is 0 Å². The number of carbonyl (C=O) groups excluding carboxylic acids is 1. The van der Waals surface area contributed by atoms with E-state index >= 15 is 8.78 Å². The Morgan fingerprint density at radius 1 is 0.833 bits per heavy atom. The number of nitrogens with two attached hydrogens (primary N) is 1. The summed E-state index contributed by atoms with van der Waals surface area (Å²) in [7, 11) is 2.03. The largest absolute Gasteiger partial charge is 0.314 e. The van der Waals surface area contributed by atoms with Crippen molar-refractivity contribution in [3.63, 3.8) is 0 Å². The van der Waals surface area contributed by atoms with Crippen molar-refractivity contribution >= 4 is 19.9 Å². The molecule has 30 heavy (non-hydrogen) atoms. The smallest absolute Gasteiger partial charge is 0.259 e. The van der Waals surface area contributed by atoms with Crippen LogP contribution in [0.5, 0.6) is 0 Å². The topological polar surface area (TPSA) is 66.9 Å². The first-order valence-corrected chi connectivity index (χ1v) is 9.79. The molecule has 0 saturated carbocycles. The molecule has 3 aromatic rings. The van der Waals surface area contributed by atoms with Crippen LogP contribution in [0.15, 0.2) is 91.0 Å². The number of carbonyl (C=O) groups is 1. The zero-order chi connectivity index (χ0) is 21.8. The molecule has 0 aliphatic rings. The minimum absolute atomic E-state index is 0.182. The van der Waals surface area contributed by atoms with E-state index in [9.17, 15) is 10.1 Å². The highest BCUT2D eigenvalue weighted by atomic mass is 31.0. The third-order valence-corrected chi connectivity index (χ3v) is 5.75. The Balaban J connectivity index is 2.52. The van der Waals surface area contributed by atoms with Gasteiger partial charge in [0.1, 0.15) is 17.0 Å². The molecule has 0 aliphatic carbocycles. The van der Waals surface area contributed by atoms with Crippen molar-refractivity contribution in [1.82, 2.24) is 0 Å². The van der Waals surface area contributed by atoms with Crippen molar-refractivity contribution in [2.45, 2.75) is 17.4 Å². The molecule has 0 fully saturated rings. The summed E-state index contributed by atoms with van der Waals surface area (Å²) in [6.45, 7) is 0. The second-order valence-electron chi connectivity index (χ2n) is 6.87. The van der Waals surface area contributed by atoms with Gasteiger partial charge in [-0.1, -0.05) is 91.0 Å². The molecule has 6 heteroatoms. The minimum atomic E-state index is -3.06. The van der Waals surface area contributed by atoms with Gasteiger partial charge in [-0.15, -0.1) is 0 Å². The first kappa shape index (κ1) is 21.5. The highest BCUT2D eigenvalue weighted by molar-refractivity contribution is 7.27. The number of hydrogen-bond acceptors (Lipinski definition) is 3. The summed E-state index contributed by atoms with van der Waals surface area (Å²) in [4.78, 5) is 13.6. The lowest BCUT2D eigenvalue weighted by atomic mass is 9.57. The van der Waals surface area contributed by atoms with E-state index in [-0.39, 0.29) is 22.0 Å². The molecular formula is C24H20F2N2OP+. The molecule has 150 valence electrons. The SMILES string of the molecule is N#CC(=[PH2+])C(=O)C(N)(c1ccccc1)C(c1ccccc1)(c1ccccc1)C(F)F. The van der Waals surface area contributed by atoms with Crippen LogP contribution in [0, 0.1) is 11.3 Å². The van der Waals surface area contributed by atoms with E-state index in [1.54, 1.807) is 60.7 Å². The summed E-state index contributed by atoms with van der Waals surface area (Å²) in [5, 5.41) is 9.07. The zero-order valence-electron chi connectivity index (χ0n) is 16.0. The zero-order valence-corrected chi connectivity index (χ0v) is 17.2. The fourth-order valence-corrected chi connectivity index (χ4v) is 4.18. The number of hydrogen-bond donors (Lipinski definition) is 1. The van der Waals surface area contributed by atoms with Gasteiger partial charge in [0.25, 0.3) is 11.7 Å². The van der Waals surface area contributed by atoms with Crippen LogP contribution in [0.1, 0.15) is 16.7 Å². The van der Waals surface area contributed by atoms with Gasteiger partial charge in [0.2, 0.25) is 5.78 Å². The fraction of sp³-hybridized carbons (Fsp3) is 0.125. The van der Waals surface area contributed by atoms with Crippen LogP contribution in [-0.2, 0) is 15.7 Å². The molecule has 3 aromatic carbocycles. The average Bonchev–Trinajstić information content (AvgIpc) is 2.80. The highest BCUT2D eigenvalue weighted by Gasteiger charge is 2.63. The van der Waals surface area contributed by atoms with Gasteiger partial charge in [-0.05, 0) is 16.7 Å². The Kier molecular flexibility index (Phi) is 6.22. The summed E-state index contributed by atoms with van der Waals surface area (Å²) >= 11 is 0. The Labute approximate surface area is 176 Å². The van der Waals surface area contributed by atoms with Crippen molar-refractivity contribution in [3.05, 3.63) is 108 Å². The lowest BCUT2D eigenvalue weighted by Gasteiger charge is -2.47. The summed E-state index contributed by atoms with van der Waals surface area (Å²) < 4.78 is 30.6. The fourth-order valence-electron chi connectivity index (χ4n) is 3.95. The number of rotatable bonds is 7. The molecule has 0 aliphatic heterocycles. The summed E-state index contributed by atoms with van der Waals surface area (Å²) in [6.07, 6.45) is -3.06. The van der Waals surface area contributed by atoms with Crippen LogP contribution in [0.4, 0.5) is 8.78 Å². The highest BCUT2D eigenvalue weighted by Crippen LogP contribution is 2.50. The van der Waals surface area contributed by atoms with Crippen molar-refractivity contribution in [2.75, 3.05) is 0 Å². The minimum Gasteiger partial charge on any atom is -0.314 e. The van der Waals surface area contributed by atoms with E-state index < -0.39 is 23.2 Å². The molecule has 0 saturated heterocycles. The molecule has 3 nitrogen and oxygen atoms in total. The van der Waals surface area contributed by atoms with Gasteiger partial charge in [-0.25, -0.2) is 8.78 Å². The normalized spacial score (nSPS) is 13.3. The molecule has 0 spiro atoms. The van der Waals surface area contributed by atoms with Crippen molar-refractivity contribution < 1.29 is 13.6 Å². The lowest BCUT2D eigenvalue weighted by molar-refractivity contribution is -0.123. The van der Waals surface area contributed by atoms with Gasteiger partial charge < -0.3 is 5.73 Å². The van der Waals surface area contributed by atoms with Gasteiger partial charge in [0.15, 0.2) is 0 Å². The first-order valence-electron chi connectivity index (χ1n) is 9.21. The molecule has 0 radical (unpaired) electrons. The molecule has 0 aromatic heterocycles. The number of alkyl halides is 2. The van der Waals surface area contributed by atoms with E-state index in [4.69, 9.17) is 5.73 Å².